The molecule has 2 saturated carbocycles. The number of hydrogen-bond donors (Lipinski definition) is 0. The Bertz CT molecular complexity index is 305. The summed E-state index contributed by atoms with van der Waals surface area (Å²) in [7, 11) is 1.37. The molecule has 0 aliphatic heterocycles. The summed E-state index contributed by atoms with van der Waals surface area (Å²) in [6.45, 7) is 1.52. The highest BCUT2D eigenvalue weighted by Gasteiger charge is 2.61. The van der Waals surface area contributed by atoms with E-state index in [1.807, 2.05) is 0 Å². The van der Waals surface area contributed by atoms with Crippen molar-refractivity contribution in [1.29, 1.82) is 0 Å². The van der Waals surface area contributed by atoms with E-state index in [2.05, 4.69) is 0 Å². The van der Waals surface area contributed by atoms with Gasteiger partial charge in [0.2, 0.25) is 0 Å². The fourth-order valence-corrected chi connectivity index (χ4v) is 3.62. The van der Waals surface area contributed by atoms with Crippen LogP contribution in [0.4, 0.5) is 0 Å². The number of esters is 1. The molecule has 90 valence electrons. The molecule has 0 aromatic carbocycles. The third-order valence-electron chi connectivity index (χ3n) is 4.52. The summed E-state index contributed by atoms with van der Waals surface area (Å²) >= 11 is 0. The second kappa shape index (κ2) is 3.86. The summed E-state index contributed by atoms with van der Waals surface area (Å²) < 4.78 is 4.79. The Morgan fingerprint density at radius 1 is 1.06 bits per heavy atom. The molecule has 0 bridgehead atoms. The maximum absolute atomic E-state index is 11.7. The van der Waals surface area contributed by atoms with Crippen molar-refractivity contribution in [2.24, 2.45) is 10.8 Å². The maximum Gasteiger partial charge on any atom is 0.319 e. The molecule has 0 aromatic heterocycles. The summed E-state index contributed by atoms with van der Waals surface area (Å²) in [5.41, 5.74) is -0.524. The second-order valence-electron chi connectivity index (χ2n) is 5.54. The number of Topliss-reactive ketones (excluding diaryl/α,β-unsaturated/α-hetero) is 1. The van der Waals surface area contributed by atoms with Gasteiger partial charge in [0.05, 0.1) is 7.11 Å². The van der Waals surface area contributed by atoms with E-state index in [9.17, 15) is 9.59 Å². The lowest BCUT2D eigenvalue weighted by Crippen LogP contribution is -2.56. The van der Waals surface area contributed by atoms with Crippen LogP contribution in [0, 0.1) is 10.8 Å². The molecular weight excluding hydrogens is 204 g/mol. The average Bonchev–Trinajstić information content (AvgIpc) is 2.25. The zero-order valence-electron chi connectivity index (χ0n) is 10.2. The van der Waals surface area contributed by atoms with E-state index < -0.39 is 5.41 Å². The molecule has 2 fully saturated rings. The van der Waals surface area contributed by atoms with Crippen LogP contribution in [0.5, 0.6) is 0 Å². The number of methoxy groups -OCH3 is 1. The first-order valence-electron chi connectivity index (χ1n) is 6.14. The molecule has 2 rings (SSSR count). The number of rotatable bonds is 2. The summed E-state index contributed by atoms with van der Waals surface area (Å²) in [5.74, 6) is -0.341. The van der Waals surface area contributed by atoms with Crippen molar-refractivity contribution in [2.45, 2.75) is 51.9 Å². The monoisotopic (exact) mass is 224 g/mol. The predicted molar refractivity (Wildman–Crippen MR) is 59.9 cm³/mol. The Labute approximate surface area is 96.5 Å². The van der Waals surface area contributed by atoms with Crippen LogP contribution >= 0.6 is 0 Å². The van der Waals surface area contributed by atoms with Crippen LogP contribution < -0.4 is 0 Å². The lowest BCUT2D eigenvalue weighted by Gasteiger charge is -2.55. The van der Waals surface area contributed by atoms with E-state index in [-0.39, 0.29) is 17.2 Å². The molecule has 0 atom stereocenters. The number of ketones is 1. The first kappa shape index (κ1) is 11.6. The first-order valence-corrected chi connectivity index (χ1v) is 6.14. The highest BCUT2D eigenvalue weighted by molar-refractivity contribution is 6.03. The number of carbonyl (C=O) groups excluding carboxylic acids is 2. The molecule has 0 saturated heterocycles. The van der Waals surface area contributed by atoms with E-state index in [1.165, 1.54) is 46.1 Å². The van der Waals surface area contributed by atoms with E-state index in [1.54, 1.807) is 0 Å². The van der Waals surface area contributed by atoms with Gasteiger partial charge in [0.15, 0.2) is 0 Å². The Morgan fingerprint density at radius 2 is 1.62 bits per heavy atom. The molecule has 0 heterocycles. The third-order valence-corrected chi connectivity index (χ3v) is 4.52. The molecule has 2 aliphatic carbocycles. The van der Waals surface area contributed by atoms with Gasteiger partial charge in [0.1, 0.15) is 11.2 Å². The van der Waals surface area contributed by atoms with E-state index in [0.717, 1.165) is 12.8 Å². The van der Waals surface area contributed by atoms with Gasteiger partial charge < -0.3 is 4.74 Å². The first-order chi connectivity index (χ1) is 7.55. The average molecular weight is 224 g/mol. The van der Waals surface area contributed by atoms with Crippen LogP contribution in [0.25, 0.3) is 0 Å². The van der Waals surface area contributed by atoms with Crippen molar-refractivity contribution >= 4 is 11.8 Å². The summed E-state index contributed by atoms with van der Waals surface area (Å²) in [6, 6.07) is 0. The highest BCUT2D eigenvalue weighted by Crippen LogP contribution is 2.61. The van der Waals surface area contributed by atoms with Gasteiger partial charge in [-0.15, -0.1) is 0 Å². The SMILES string of the molecule is COC(=O)C1(C(C)=O)CC2(CCCCC2)C1. The summed E-state index contributed by atoms with van der Waals surface area (Å²) in [6.07, 6.45) is 7.60. The number of ether oxygens (including phenoxy) is 1. The Kier molecular flexibility index (Phi) is 2.81. The van der Waals surface area contributed by atoms with Crippen LogP contribution in [-0.2, 0) is 14.3 Å². The lowest BCUT2D eigenvalue weighted by molar-refractivity contribution is -0.177. The molecule has 16 heavy (non-hydrogen) atoms. The van der Waals surface area contributed by atoms with Gasteiger partial charge in [0.25, 0.3) is 0 Å². The van der Waals surface area contributed by atoms with E-state index in [0.29, 0.717) is 0 Å². The van der Waals surface area contributed by atoms with Crippen molar-refractivity contribution < 1.29 is 14.3 Å². The predicted octanol–water partition coefficient (Wildman–Crippen LogP) is 2.48. The molecule has 0 radical (unpaired) electrons. The Morgan fingerprint density at radius 3 is 2.06 bits per heavy atom. The molecule has 3 heteroatoms. The van der Waals surface area contributed by atoms with Crippen LogP contribution in [0.15, 0.2) is 0 Å². The van der Waals surface area contributed by atoms with Crippen molar-refractivity contribution in [3.63, 3.8) is 0 Å². The molecule has 0 amide bonds. The van der Waals surface area contributed by atoms with Crippen LogP contribution in [-0.4, -0.2) is 18.9 Å². The van der Waals surface area contributed by atoms with Gasteiger partial charge in [-0.05, 0) is 38.0 Å². The quantitative estimate of drug-likeness (QED) is 0.534. The topological polar surface area (TPSA) is 43.4 Å². The molecule has 2 aliphatic rings. The molecule has 0 unspecified atom stereocenters. The van der Waals surface area contributed by atoms with Gasteiger partial charge in [-0.25, -0.2) is 0 Å². The van der Waals surface area contributed by atoms with E-state index >= 15 is 0 Å². The molecular formula is C13H20O3. The number of hydrogen-bond acceptors (Lipinski definition) is 3. The van der Waals surface area contributed by atoms with Gasteiger partial charge >= 0.3 is 5.97 Å². The maximum atomic E-state index is 11.7. The third kappa shape index (κ3) is 1.57. The Hall–Kier alpha value is -0.860. The van der Waals surface area contributed by atoms with Gasteiger partial charge in [0, 0.05) is 0 Å². The molecule has 0 N–H and O–H groups in total. The fraction of sp³-hybridized carbons (Fsp3) is 0.846. The van der Waals surface area contributed by atoms with Crippen molar-refractivity contribution in [2.75, 3.05) is 7.11 Å². The highest BCUT2D eigenvalue weighted by atomic mass is 16.5. The normalized spacial score (nSPS) is 25.9. The van der Waals surface area contributed by atoms with Crippen molar-refractivity contribution in [3.05, 3.63) is 0 Å². The van der Waals surface area contributed by atoms with Gasteiger partial charge in [-0.3, -0.25) is 9.59 Å². The smallest absolute Gasteiger partial charge is 0.319 e. The van der Waals surface area contributed by atoms with Crippen LogP contribution in [0.3, 0.4) is 0 Å². The second-order valence-corrected chi connectivity index (χ2v) is 5.54. The zero-order chi connectivity index (χ0) is 11.8. The molecule has 3 nitrogen and oxygen atoms in total. The minimum absolute atomic E-state index is 0.0180. The van der Waals surface area contributed by atoms with Crippen LogP contribution in [0.1, 0.15) is 51.9 Å². The van der Waals surface area contributed by atoms with Crippen LogP contribution in [0.2, 0.25) is 0 Å². The lowest BCUT2D eigenvalue weighted by atomic mass is 9.47. The Balaban J connectivity index is 2.11. The van der Waals surface area contributed by atoms with Gasteiger partial charge in [-0.2, -0.15) is 0 Å². The fourth-order valence-electron chi connectivity index (χ4n) is 3.62. The zero-order valence-corrected chi connectivity index (χ0v) is 10.2. The molecule has 1 spiro atoms. The van der Waals surface area contributed by atoms with E-state index in [4.69, 9.17) is 4.74 Å². The molecule has 0 aromatic rings. The van der Waals surface area contributed by atoms with Crippen molar-refractivity contribution in [3.8, 4) is 0 Å². The standard InChI is InChI=1S/C13H20O3/c1-10(14)13(11(15)16-2)8-12(9-13)6-4-3-5-7-12/h3-9H2,1-2H3. The minimum atomic E-state index is -0.800. The summed E-state index contributed by atoms with van der Waals surface area (Å²) in [4.78, 5) is 23.4. The minimum Gasteiger partial charge on any atom is -0.468 e. The number of carbonyl (C=O) groups is 2. The summed E-state index contributed by atoms with van der Waals surface area (Å²) in [5, 5.41) is 0. The van der Waals surface area contributed by atoms with Crippen molar-refractivity contribution in [1.82, 2.24) is 0 Å². The largest absolute Gasteiger partial charge is 0.468 e. The van der Waals surface area contributed by atoms with Gasteiger partial charge in [-0.1, -0.05) is 19.3 Å².